The summed E-state index contributed by atoms with van der Waals surface area (Å²) in [6.07, 6.45) is -1.11. The van der Waals surface area contributed by atoms with E-state index < -0.39 is 15.9 Å². The van der Waals surface area contributed by atoms with Crippen LogP contribution in [0.2, 0.25) is 10.0 Å². The number of benzene rings is 2. The third-order valence-corrected chi connectivity index (χ3v) is 4.53. The number of para-hydroxylation sites is 1. The van der Waals surface area contributed by atoms with Gasteiger partial charge in [0.25, 0.3) is 5.91 Å². The molecule has 0 saturated carbocycles. The lowest BCUT2D eigenvalue weighted by molar-refractivity contribution is 0.0934. The summed E-state index contributed by atoms with van der Waals surface area (Å²) in [6, 6.07) is 13.3. The maximum Gasteiger partial charge on any atom is 0.253 e. The van der Waals surface area contributed by atoms with Gasteiger partial charge in [-0.25, -0.2) is 0 Å². The molecule has 10 heteroatoms. The van der Waals surface area contributed by atoms with Gasteiger partial charge in [-0.1, -0.05) is 76.2 Å². The van der Waals surface area contributed by atoms with Crippen LogP contribution in [0.5, 0.6) is 0 Å². The highest BCUT2D eigenvalue weighted by atomic mass is 35.6. The Morgan fingerprint density at radius 3 is 2.31 bits per heavy atom. The topological polar surface area (TPSA) is 53.2 Å². The van der Waals surface area contributed by atoms with Gasteiger partial charge in [0.05, 0.1) is 10.7 Å². The molecule has 2 aromatic carbocycles. The van der Waals surface area contributed by atoms with Crippen molar-refractivity contribution in [2.24, 2.45) is 0 Å². The van der Waals surface area contributed by atoms with E-state index in [0.29, 0.717) is 21.3 Å². The lowest BCUT2D eigenvalue weighted by Gasteiger charge is -2.28. The highest BCUT2D eigenvalue weighted by Gasteiger charge is 2.35. The van der Waals surface area contributed by atoms with Crippen molar-refractivity contribution in [1.82, 2.24) is 10.6 Å². The molecule has 4 nitrogen and oxygen atoms in total. The molecule has 0 aliphatic carbocycles. The molecule has 2 aromatic rings. The van der Waals surface area contributed by atoms with Gasteiger partial charge in [-0.3, -0.25) is 4.79 Å². The summed E-state index contributed by atoms with van der Waals surface area (Å²) < 4.78 is -1.87. The molecule has 1 amide bonds. The normalized spacial score (nSPS) is 12.2. The van der Waals surface area contributed by atoms with Crippen molar-refractivity contribution in [3.05, 3.63) is 64.1 Å². The number of hydrogen-bond acceptors (Lipinski definition) is 2. The fourth-order valence-electron chi connectivity index (χ4n) is 1.90. The Labute approximate surface area is 181 Å². The molecule has 0 aliphatic heterocycles. The molecule has 2 rings (SSSR count). The lowest BCUT2D eigenvalue weighted by Crippen LogP contribution is -2.56. The summed E-state index contributed by atoms with van der Waals surface area (Å²) in [7, 11) is 0. The number of hydrogen-bond donors (Lipinski definition) is 3. The first-order valence-electron chi connectivity index (χ1n) is 7.12. The molecule has 0 aromatic heterocycles. The Kier molecular flexibility index (Phi) is 7.64. The summed E-state index contributed by atoms with van der Waals surface area (Å²) in [5, 5.41) is 9.17. The fourth-order valence-corrected chi connectivity index (χ4v) is 2.82. The van der Waals surface area contributed by atoms with Gasteiger partial charge in [-0.2, -0.15) is 0 Å². The minimum absolute atomic E-state index is 0.112. The van der Waals surface area contributed by atoms with Gasteiger partial charge in [0.15, 0.2) is 5.11 Å². The average Bonchev–Trinajstić information content (AvgIpc) is 2.55. The Morgan fingerprint density at radius 1 is 1.00 bits per heavy atom. The summed E-state index contributed by atoms with van der Waals surface area (Å²) in [4.78, 5) is 12.4. The molecule has 0 bridgehead atoms. The Hall–Kier alpha value is -0.950. The summed E-state index contributed by atoms with van der Waals surface area (Å²) >= 11 is 35.0. The minimum atomic E-state index is -1.87. The van der Waals surface area contributed by atoms with Crippen molar-refractivity contribution in [2.75, 3.05) is 5.32 Å². The molecule has 0 unspecified atom stereocenters. The van der Waals surface area contributed by atoms with E-state index in [4.69, 9.17) is 70.2 Å². The van der Waals surface area contributed by atoms with Gasteiger partial charge in [0, 0.05) is 10.6 Å². The number of rotatable bonds is 4. The Balaban J connectivity index is 2.09. The molecule has 0 aliphatic rings. The molecular weight excluding hydrogens is 460 g/mol. The first-order valence-corrected chi connectivity index (χ1v) is 9.42. The van der Waals surface area contributed by atoms with Crippen LogP contribution >= 0.6 is 70.2 Å². The summed E-state index contributed by atoms with van der Waals surface area (Å²) in [5.41, 5.74) is 0.874. The molecule has 138 valence electrons. The van der Waals surface area contributed by atoms with Crippen LogP contribution in [0.25, 0.3) is 0 Å². The molecule has 0 saturated heterocycles. The number of nitrogens with one attached hydrogen (secondary N) is 3. The van der Waals surface area contributed by atoms with Crippen molar-refractivity contribution in [1.29, 1.82) is 0 Å². The van der Waals surface area contributed by atoms with Crippen LogP contribution in [0.15, 0.2) is 48.5 Å². The van der Waals surface area contributed by atoms with Crippen molar-refractivity contribution < 1.29 is 4.79 Å². The number of anilines is 1. The highest BCUT2D eigenvalue weighted by molar-refractivity contribution is 7.80. The van der Waals surface area contributed by atoms with Crippen LogP contribution in [0.4, 0.5) is 5.69 Å². The van der Waals surface area contributed by atoms with Crippen molar-refractivity contribution >= 4 is 86.9 Å². The van der Waals surface area contributed by atoms with E-state index >= 15 is 0 Å². The monoisotopic (exact) mass is 469 g/mol. The van der Waals surface area contributed by atoms with Crippen LogP contribution in [-0.2, 0) is 0 Å². The predicted octanol–water partition coefficient (Wildman–Crippen LogP) is 5.41. The van der Waals surface area contributed by atoms with Crippen LogP contribution in [0, 0.1) is 0 Å². The number of halogens is 5. The smallest absolute Gasteiger partial charge is 0.253 e. The zero-order valence-corrected chi connectivity index (χ0v) is 17.5. The quantitative estimate of drug-likeness (QED) is 0.317. The maximum atomic E-state index is 12.4. The van der Waals surface area contributed by atoms with E-state index in [0.717, 1.165) is 0 Å². The fraction of sp³-hybridized carbons (Fsp3) is 0.125. The Bertz CT molecular complexity index is 812. The maximum absolute atomic E-state index is 12.4. The lowest BCUT2D eigenvalue weighted by atomic mass is 10.2. The first-order chi connectivity index (χ1) is 12.2. The minimum Gasteiger partial charge on any atom is -0.339 e. The third-order valence-electron chi connectivity index (χ3n) is 3.09. The van der Waals surface area contributed by atoms with Crippen LogP contribution < -0.4 is 16.0 Å². The van der Waals surface area contributed by atoms with Crippen LogP contribution in [-0.4, -0.2) is 21.0 Å². The SMILES string of the molecule is O=C(N[C@@H](NC(=S)Nc1ccccc1Cl)C(Cl)(Cl)Cl)c1cccc(Cl)c1. The van der Waals surface area contributed by atoms with Crippen LogP contribution in [0.1, 0.15) is 10.4 Å². The van der Waals surface area contributed by atoms with Gasteiger partial charge in [-0.05, 0) is 42.5 Å². The Morgan fingerprint density at radius 2 is 1.69 bits per heavy atom. The highest BCUT2D eigenvalue weighted by Crippen LogP contribution is 2.29. The predicted molar refractivity (Wildman–Crippen MR) is 114 cm³/mol. The van der Waals surface area contributed by atoms with E-state index in [1.807, 2.05) is 0 Å². The second-order valence-corrected chi connectivity index (χ2v) is 8.66. The van der Waals surface area contributed by atoms with Crippen molar-refractivity contribution in [3.8, 4) is 0 Å². The van der Waals surface area contributed by atoms with Gasteiger partial charge in [-0.15, -0.1) is 0 Å². The standard InChI is InChI=1S/C16H12Cl5N3OS/c17-10-5-3-4-9(8-10)13(25)23-14(16(19,20)21)24-15(26)22-12-7-2-1-6-11(12)18/h1-8,14H,(H,23,25)(H2,22,24,26)/t14-/m0/s1. The summed E-state index contributed by atoms with van der Waals surface area (Å²) in [6.45, 7) is 0. The molecule has 1 atom stereocenters. The molecular formula is C16H12Cl5N3OS. The second kappa shape index (κ2) is 9.31. The third kappa shape index (κ3) is 6.34. The van der Waals surface area contributed by atoms with Crippen LogP contribution in [0.3, 0.4) is 0 Å². The zero-order chi connectivity index (χ0) is 19.3. The van der Waals surface area contributed by atoms with Crippen molar-refractivity contribution in [2.45, 2.75) is 9.96 Å². The van der Waals surface area contributed by atoms with Crippen molar-refractivity contribution in [3.63, 3.8) is 0 Å². The number of amides is 1. The molecule has 3 N–H and O–H groups in total. The average molecular weight is 472 g/mol. The van der Waals surface area contributed by atoms with E-state index in [9.17, 15) is 4.79 Å². The van der Waals surface area contributed by atoms with E-state index in [1.165, 1.54) is 6.07 Å². The van der Waals surface area contributed by atoms with Gasteiger partial charge < -0.3 is 16.0 Å². The molecule has 26 heavy (non-hydrogen) atoms. The number of carbonyl (C=O) groups is 1. The molecule has 0 spiro atoms. The number of carbonyl (C=O) groups excluding carboxylic acids is 1. The largest absolute Gasteiger partial charge is 0.339 e. The molecule has 0 fully saturated rings. The zero-order valence-electron chi connectivity index (χ0n) is 12.9. The number of thiocarbonyl (C=S) groups is 1. The first kappa shape index (κ1) is 21.4. The van der Waals surface area contributed by atoms with Gasteiger partial charge >= 0.3 is 0 Å². The second-order valence-electron chi connectivity index (χ2n) is 5.04. The van der Waals surface area contributed by atoms with Gasteiger partial charge in [0.1, 0.15) is 6.17 Å². The van der Waals surface area contributed by atoms with E-state index in [1.54, 1.807) is 42.5 Å². The number of alkyl halides is 3. The molecule has 0 radical (unpaired) electrons. The molecule has 0 heterocycles. The van der Waals surface area contributed by atoms with E-state index in [-0.39, 0.29) is 5.11 Å². The summed E-state index contributed by atoms with van der Waals surface area (Å²) in [5.74, 6) is -0.489. The van der Waals surface area contributed by atoms with Gasteiger partial charge in [0.2, 0.25) is 3.79 Å². The van der Waals surface area contributed by atoms with E-state index in [2.05, 4.69) is 16.0 Å².